The van der Waals surface area contributed by atoms with Gasteiger partial charge in [-0.15, -0.1) is 0 Å². The summed E-state index contributed by atoms with van der Waals surface area (Å²) in [5.41, 5.74) is 2.52. The number of fused-ring (bicyclic) bond motifs is 1. The molecule has 0 unspecified atom stereocenters. The maximum absolute atomic E-state index is 13.3. The molecule has 0 atom stereocenters. The Morgan fingerprint density at radius 3 is 2.18 bits per heavy atom. The van der Waals surface area contributed by atoms with Crippen molar-refractivity contribution in [3.05, 3.63) is 107 Å². The number of alkyl halides is 3. The Balaban J connectivity index is 1.90. The zero-order valence-corrected chi connectivity index (χ0v) is 17.8. The topological polar surface area (TPSA) is 53.4 Å². The maximum atomic E-state index is 13.3. The third kappa shape index (κ3) is 4.98. The van der Waals surface area contributed by atoms with Crippen molar-refractivity contribution in [1.29, 1.82) is 0 Å². The van der Waals surface area contributed by atoms with E-state index in [1.807, 2.05) is 66.4 Å². The molecule has 0 radical (unpaired) electrons. The largest absolute Gasteiger partial charge is 0.478 e. The van der Waals surface area contributed by atoms with Gasteiger partial charge in [0.15, 0.2) is 0 Å². The van der Waals surface area contributed by atoms with Gasteiger partial charge in [0.25, 0.3) is 0 Å². The number of hydrogen-bond acceptors (Lipinski definition) is 3. The average Bonchev–Trinajstić information content (AvgIpc) is 2.79. The normalized spacial score (nSPS) is 11.5. The summed E-state index contributed by atoms with van der Waals surface area (Å²) in [5, 5.41) is 10.2. The summed E-state index contributed by atoms with van der Waals surface area (Å²) in [6.07, 6.45) is -3.39. The molecule has 0 spiro atoms. The summed E-state index contributed by atoms with van der Waals surface area (Å²) >= 11 is 0. The first-order chi connectivity index (χ1) is 15.7. The van der Waals surface area contributed by atoms with Gasteiger partial charge in [-0.2, -0.15) is 13.2 Å². The van der Waals surface area contributed by atoms with Gasteiger partial charge < -0.3 is 10.0 Å². The Labute approximate surface area is 188 Å². The van der Waals surface area contributed by atoms with E-state index in [2.05, 4.69) is 4.98 Å². The van der Waals surface area contributed by atoms with E-state index in [0.717, 1.165) is 35.0 Å². The maximum Gasteiger partial charge on any atom is 0.416 e. The number of aromatic carboxylic acids is 1. The monoisotopic (exact) mass is 450 g/mol. The Morgan fingerprint density at radius 2 is 1.58 bits per heavy atom. The van der Waals surface area contributed by atoms with Crippen molar-refractivity contribution in [2.75, 3.05) is 4.90 Å². The summed E-state index contributed by atoms with van der Waals surface area (Å²) in [6.45, 7) is 2.72. The molecule has 0 bridgehead atoms. The molecule has 168 valence electrons. The summed E-state index contributed by atoms with van der Waals surface area (Å²) in [5.74, 6) is -1.19. The lowest BCUT2D eigenvalue weighted by atomic mass is 10.0. The molecule has 4 rings (SSSR count). The van der Waals surface area contributed by atoms with Gasteiger partial charge >= 0.3 is 12.1 Å². The van der Waals surface area contributed by atoms with Crippen LogP contribution >= 0.6 is 0 Å². The fraction of sp³-hybridized carbons (Fsp3) is 0.154. The third-order valence-corrected chi connectivity index (χ3v) is 5.42. The van der Waals surface area contributed by atoms with Crippen LogP contribution in [0.2, 0.25) is 0 Å². The first-order valence-electron chi connectivity index (χ1n) is 10.3. The molecule has 0 amide bonds. The number of pyridine rings is 1. The predicted octanol–water partition coefficient (Wildman–Crippen LogP) is 6.47. The minimum Gasteiger partial charge on any atom is -0.478 e. The van der Waals surface area contributed by atoms with Crippen LogP contribution in [0.15, 0.2) is 79.0 Å². The van der Waals surface area contributed by atoms with Gasteiger partial charge in [0, 0.05) is 24.7 Å². The number of halogens is 3. The lowest BCUT2D eigenvalue weighted by molar-refractivity contribution is -0.137. The van der Waals surface area contributed by atoms with Crippen LogP contribution in [-0.2, 0) is 19.3 Å². The standard InChI is InChI=1S/C26H21F3N2O2/c1-17-7-9-19(10-8-17)16-31(15-18-5-3-2-4-6-18)24-21-12-11-20(26(27,28)29)13-23(21)30-14-22(24)25(32)33/h2-14H,15-16H2,1H3,(H,32,33). The van der Waals surface area contributed by atoms with Crippen LogP contribution in [0.4, 0.5) is 18.9 Å². The number of carboxylic acids is 1. The highest BCUT2D eigenvalue weighted by molar-refractivity contribution is 6.04. The summed E-state index contributed by atoms with van der Waals surface area (Å²) in [6, 6.07) is 20.6. The van der Waals surface area contributed by atoms with Gasteiger partial charge in [-0.05, 0) is 30.2 Å². The minimum atomic E-state index is -4.52. The van der Waals surface area contributed by atoms with Crippen LogP contribution < -0.4 is 4.90 Å². The Kier molecular flexibility index (Phi) is 6.05. The Bertz CT molecular complexity index is 1290. The van der Waals surface area contributed by atoms with Crippen molar-refractivity contribution in [2.24, 2.45) is 0 Å². The van der Waals surface area contributed by atoms with Crippen LogP contribution in [0.25, 0.3) is 10.9 Å². The number of nitrogens with zero attached hydrogens (tertiary/aromatic N) is 2. The fourth-order valence-electron chi connectivity index (χ4n) is 3.78. The third-order valence-electron chi connectivity index (χ3n) is 5.42. The van der Waals surface area contributed by atoms with Crippen molar-refractivity contribution in [3.8, 4) is 0 Å². The number of aromatic nitrogens is 1. The second kappa shape index (κ2) is 8.94. The van der Waals surface area contributed by atoms with Crippen LogP contribution in [0, 0.1) is 6.92 Å². The summed E-state index contributed by atoms with van der Waals surface area (Å²) in [7, 11) is 0. The highest BCUT2D eigenvalue weighted by Crippen LogP contribution is 2.36. The Morgan fingerprint density at radius 1 is 0.939 bits per heavy atom. The first-order valence-corrected chi connectivity index (χ1v) is 10.3. The van der Waals surface area contributed by atoms with Gasteiger partial charge in [0.05, 0.1) is 16.8 Å². The van der Waals surface area contributed by atoms with E-state index in [1.54, 1.807) is 0 Å². The molecule has 0 aliphatic heterocycles. The van der Waals surface area contributed by atoms with Crippen molar-refractivity contribution in [3.63, 3.8) is 0 Å². The number of anilines is 1. The van der Waals surface area contributed by atoms with Crippen molar-refractivity contribution in [1.82, 2.24) is 4.98 Å². The van der Waals surface area contributed by atoms with E-state index in [0.29, 0.717) is 24.2 Å². The number of carboxylic acid groups (broad SMARTS) is 1. The highest BCUT2D eigenvalue weighted by Gasteiger charge is 2.31. The quantitative estimate of drug-likeness (QED) is 0.366. The van der Waals surface area contributed by atoms with Gasteiger partial charge in [0.2, 0.25) is 0 Å². The molecule has 7 heteroatoms. The molecule has 0 saturated heterocycles. The molecule has 1 N–H and O–H groups in total. The first kappa shape index (κ1) is 22.3. The van der Waals surface area contributed by atoms with Crippen molar-refractivity contribution < 1.29 is 23.1 Å². The molecule has 0 aliphatic carbocycles. The van der Waals surface area contributed by atoms with Crippen LogP contribution in [-0.4, -0.2) is 16.1 Å². The molecular weight excluding hydrogens is 429 g/mol. The molecule has 4 nitrogen and oxygen atoms in total. The summed E-state index contributed by atoms with van der Waals surface area (Å²) < 4.78 is 39.8. The average molecular weight is 450 g/mol. The van der Waals surface area contributed by atoms with E-state index >= 15 is 0 Å². The predicted molar refractivity (Wildman–Crippen MR) is 121 cm³/mol. The van der Waals surface area contributed by atoms with Gasteiger partial charge in [-0.1, -0.05) is 66.2 Å². The molecule has 3 aromatic carbocycles. The molecule has 4 aromatic rings. The van der Waals surface area contributed by atoms with Gasteiger partial charge in [0.1, 0.15) is 5.56 Å². The molecule has 0 aliphatic rings. The van der Waals surface area contributed by atoms with E-state index in [-0.39, 0.29) is 11.1 Å². The number of aryl methyl sites for hydroxylation is 1. The second-order valence-corrected chi connectivity index (χ2v) is 7.88. The summed E-state index contributed by atoms with van der Waals surface area (Å²) in [4.78, 5) is 18.0. The van der Waals surface area contributed by atoms with Crippen LogP contribution in [0.3, 0.4) is 0 Å². The number of benzene rings is 3. The van der Waals surface area contributed by atoms with E-state index in [4.69, 9.17) is 0 Å². The number of carbonyl (C=O) groups is 1. The van der Waals surface area contributed by atoms with Gasteiger partial charge in [-0.25, -0.2) is 4.79 Å². The Hall–Kier alpha value is -3.87. The molecule has 33 heavy (non-hydrogen) atoms. The lowest BCUT2D eigenvalue weighted by Gasteiger charge is -2.28. The van der Waals surface area contributed by atoms with Crippen molar-refractivity contribution in [2.45, 2.75) is 26.2 Å². The molecule has 0 saturated carbocycles. The van der Waals surface area contributed by atoms with Crippen LogP contribution in [0.1, 0.15) is 32.6 Å². The van der Waals surface area contributed by atoms with Crippen molar-refractivity contribution >= 4 is 22.6 Å². The number of hydrogen-bond donors (Lipinski definition) is 1. The van der Waals surface area contributed by atoms with E-state index < -0.39 is 17.7 Å². The zero-order valence-electron chi connectivity index (χ0n) is 17.8. The molecule has 1 aromatic heterocycles. The highest BCUT2D eigenvalue weighted by atomic mass is 19.4. The fourth-order valence-corrected chi connectivity index (χ4v) is 3.78. The molecular formula is C26H21F3N2O2. The van der Waals surface area contributed by atoms with Gasteiger partial charge in [-0.3, -0.25) is 4.98 Å². The minimum absolute atomic E-state index is 0.0645. The lowest BCUT2D eigenvalue weighted by Crippen LogP contribution is -2.25. The molecule has 1 heterocycles. The van der Waals surface area contributed by atoms with E-state index in [1.165, 1.54) is 6.07 Å². The molecule has 0 fully saturated rings. The number of rotatable bonds is 6. The van der Waals surface area contributed by atoms with Crippen LogP contribution in [0.5, 0.6) is 0 Å². The zero-order chi connectivity index (χ0) is 23.6. The SMILES string of the molecule is Cc1ccc(CN(Cc2ccccc2)c2c(C(=O)O)cnc3cc(C(F)(F)F)ccc23)cc1. The second-order valence-electron chi connectivity index (χ2n) is 7.88. The smallest absolute Gasteiger partial charge is 0.416 e. The van der Waals surface area contributed by atoms with E-state index in [9.17, 15) is 23.1 Å².